The van der Waals surface area contributed by atoms with E-state index in [2.05, 4.69) is 14.3 Å². The van der Waals surface area contributed by atoms with Gasteiger partial charge in [-0.15, -0.1) is 0 Å². The molecule has 1 fully saturated rings. The SMILES string of the molecule is O=C(O)C(=O)O.O=C(OCc1ccccc1)c1[nH]c2ccccc2c1C(=O)C1CSN(c2cccnc2)C1. The summed E-state index contributed by atoms with van der Waals surface area (Å²) < 4.78 is 7.62. The van der Waals surface area contributed by atoms with E-state index in [-0.39, 0.29) is 24.0 Å². The van der Waals surface area contributed by atoms with E-state index in [1.165, 1.54) is 0 Å². The van der Waals surface area contributed by atoms with Gasteiger partial charge in [-0.3, -0.25) is 9.78 Å². The number of aliphatic carboxylic acids is 2. The summed E-state index contributed by atoms with van der Waals surface area (Å²) in [5.74, 6) is -3.81. The topological polar surface area (TPSA) is 150 Å². The van der Waals surface area contributed by atoms with Gasteiger partial charge in [0.15, 0.2) is 5.78 Å². The molecule has 3 N–H and O–H groups in total. The fourth-order valence-corrected chi connectivity index (χ4v) is 5.03. The van der Waals surface area contributed by atoms with Crippen LogP contribution in [0.4, 0.5) is 5.69 Å². The van der Waals surface area contributed by atoms with Gasteiger partial charge in [0, 0.05) is 29.4 Å². The Morgan fingerprint density at radius 1 is 0.974 bits per heavy atom. The molecule has 0 spiro atoms. The number of hydrogen-bond acceptors (Lipinski definition) is 8. The molecule has 38 heavy (non-hydrogen) atoms. The number of para-hydroxylation sites is 1. The van der Waals surface area contributed by atoms with Gasteiger partial charge in [-0.25, -0.2) is 14.4 Å². The number of nitrogens with one attached hydrogen (secondary N) is 1. The maximum absolute atomic E-state index is 13.6. The fraction of sp³-hybridized carbons (Fsp3) is 0.148. The summed E-state index contributed by atoms with van der Waals surface area (Å²) in [6, 6.07) is 20.8. The van der Waals surface area contributed by atoms with Crippen molar-refractivity contribution in [2.75, 3.05) is 16.6 Å². The molecule has 0 bridgehead atoms. The summed E-state index contributed by atoms with van der Waals surface area (Å²) >= 11 is 1.60. The summed E-state index contributed by atoms with van der Waals surface area (Å²) in [5.41, 5.74) is 3.24. The van der Waals surface area contributed by atoms with E-state index < -0.39 is 17.9 Å². The van der Waals surface area contributed by atoms with E-state index in [0.29, 0.717) is 17.9 Å². The third kappa shape index (κ3) is 6.19. The largest absolute Gasteiger partial charge is 0.473 e. The number of aromatic amines is 1. The summed E-state index contributed by atoms with van der Waals surface area (Å²) in [7, 11) is 0. The van der Waals surface area contributed by atoms with Crippen LogP contribution in [0.1, 0.15) is 26.4 Å². The van der Waals surface area contributed by atoms with Gasteiger partial charge in [0.25, 0.3) is 0 Å². The molecule has 5 rings (SSSR count). The minimum absolute atomic E-state index is 0.0481. The molecule has 1 unspecified atom stereocenters. The zero-order valence-corrected chi connectivity index (χ0v) is 20.8. The van der Waals surface area contributed by atoms with Gasteiger partial charge in [-0.1, -0.05) is 48.5 Å². The van der Waals surface area contributed by atoms with E-state index in [0.717, 1.165) is 22.2 Å². The Kier molecular flexibility index (Phi) is 8.39. The fourth-order valence-electron chi connectivity index (χ4n) is 3.88. The number of carboxylic acids is 2. The number of rotatable bonds is 6. The number of ether oxygens (including phenoxy) is 1. The van der Waals surface area contributed by atoms with Gasteiger partial charge in [-0.05, 0) is 35.7 Å². The van der Waals surface area contributed by atoms with E-state index in [9.17, 15) is 9.59 Å². The zero-order chi connectivity index (χ0) is 27.1. The first-order chi connectivity index (χ1) is 18.3. The Hall–Kier alpha value is -4.64. The quantitative estimate of drug-likeness (QED) is 0.143. The minimum atomic E-state index is -1.82. The van der Waals surface area contributed by atoms with E-state index >= 15 is 0 Å². The highest BCUT2D eigenvalue weighted by Gasteiger charge is 2.34. The number of Topliss-reactive ketones (excluding diaryl/α,β-unsaturated/α-hetero) is 1. The molecule has 2 aromatic carbocycles. The van der Waals surface area contributed by atoms with Crippen molar-refractivity contribution in [1.29, 1.82) is 0 Å². The number of fused-ring (bicyclic) bond motifs is 1. The molecule has 4 aromatic rings. The summed E-state index contributed by atoms with van der Waals surface area (Å²) in [5, 5.41) is 15.5. The van der Waals surface area contributed by atoms with Gasteiger partial charge in [0.05, 0.1) is 23.4 Å². The van der Waals surface area contributed by atoms with Crippen molar-refractivity contribution in [2.45, 2.75) is 6.61 Å². The van der Waals surface area contributed by atoms with Crippen LogP contribution in [0.2, 0.25) is 0 Å². The van der Waals surface area contributed by atoms with E-state index in [1.54, 1.807) is 24.3 Å². The predicted octanol–water partition coefficient (Wildman–Crippen LogP) is 4.04. The van der Waals surface area contributed by atoms with Gasteiger partial charge >= 0.3 is 17.9 Å². The number of benzene rings is 2. The molecule has 2 aromatic heterocycles. The molecule has 1 aliphatic heterocycles. The Morgan fingerprint density at radius 2 is 1.68 bits per heavy atom. The first-order valence-electron chi connectivity index (χ1n) is 11.5. The number of ketones is 1. The minimum Gasteiger partial charge on any atom is -0.473 e. The van der Waals surface area contributed by atoms with Crippen LogP contribution < -0.4 is 4.31 Å². The van der Waals surface area contributed by atoms with E-state index in [1.807, 2.05) is 66.7 Å². The molecule has 1 atom stereocenters. The number of carbonyl (C=O) groups excluding carboxylic acids is 2. The van der Waals surface area contributed by atoms with Crippen LogP contribution in [0.3, 0.4) is 0 Å². The normalized spacial score (nSPS) is 14.4. The third-order valence-electron chi connectivity index (χ3n) is 5.67. The highest BCUT2D eigenvalue weighted by atomic mass is 32.2. The highest BCUT2D eigenvalue weighted by molar-refractivity contribution is 8.00. The van der Waals surface area contributed by atoms with Crippen LogP contribution in [0.25, 0.3) is 10.9 Å². The molecule has 1 aliphatic rings. The average Bonchev–Trinajstić information content (AvgIpc) is 3.59. The van der Waals surface area contributed by atoms with Crippen molar-refractivity contribution in [3.05, 3.63) is 95.9 Å². The lowest BCUT2D eigenvalue weighted by Gasteiger charge is -2.16. The Morgan fingerprint density at radius 3 is 2.37 bits per heavy atom. The standard InChI is InChI=1S/C25H21N3O3S.C2H2O4/c29-24(18-14-28(32-16-18)19-9-6-12-26-13-19)22-20-10-4-5-11-21(20)27-23(22)25(30)31-15-17-7-2-1-3-8-17;3-1(4)2(5)6/h1-13,18,27H,14-16H2;(H,3,4)(H,5,6). The Balaban J connectivity index is 0.000000505. The average molecular weight is 534 g/mol. The van der Waals surface area contributed by atoms with Crippen LogP contribution in [-0.2, 0) is 20.9 Å². The van der Waals surface area contributed by atoms with Crippen molar-refractivity contribution in [3.8, 4) is 0 Å². The lowest BCUT2D eigenvalue weighted by Crippen LogP contribution is -2.24. The number of esters is 1. The van der Waals surface area contributed by atoms with Gasteiger partial charge in [0.2, 0.25) is 0 Å². The van der Waals surface area contributed by atoms with Crippen molar-refractivity contribution in [3.63, 3.8) is 0 Å². The summed E-state index contributed by atoms with van der Waals surface area (Å²) in [6.07, 6.45) is 3.52. The number of anilines is 1. The molecule has 1 saturated heterocycles. The van der Waals surface area contributed by atoms with Crippen molar-refractivity contribution >= 4 is 52.2 Å². The summed E-state index contributed by atoms with van der Waals surface area (Å²) in [4.78, 5) is 52.1. The molecular weight excluding hydrogens is 510 g/mol. The van der Waals surface area contributed by atoms with Crippen molar-refractivity contribution in [2.24, 2.45) is 5.92 Å². The second-order valence-corrected chi connectivity index (χ2v) is 9.25. The smallest absolute Gasteiger partial charge is 0.414 e. The molecule has 0 aliphatic carbocycles. The second-order valence-electron chi connectivity index (χ2n) is 8.22. The molecule has 11 heteroatoms. The first kappa shape index (κ1) is 26.4. The van der Waals surface area contributed by atoms with Crippen LogP contribution in [0.5, 0.6) is 0 Å². The molecule has 10 nitrogen and oxygen atoms in total. The number of carbonyl (C=O) groups is 4. The summed E-state index contributed by atoms with van der Waals surface area (Å²) in [6.45, 7) is 0.712. The number of carboxylic acid groups (broad SMARTS) is 2. The number of nitrogens with zero attached hydrogens (tertiary/aromatic N) is 2. The lowest BCUT2D eigenvalue weighted by molar-refractivity contribution is -0.159. The first-order valence-corrected chi connectivity index (χ1v) is 12.4. The van der Waals surface area contributed by atoms with Gasteiger partial charge < -0.3 is 24.2 Å². The molecule has 194 valence electrons. The lowest BCUT2D eigenvalue weighted by atomic mass is 9.96. The molecule has 0 saturated carbocycles. The Bertz CT molecular complexity index is 1450. The van der Waals surface area contributed by atoms with Crippen LogP contribution in [-0.4, -0.2) is 56.2 Å². The second kappa shape index (κ2) is 12.1. The molecule has 3 heterocycles. The molecule has 0 amide bonds. The maximum Gasteiger partial charge on any atom is 0.414 e. The van der Waals surface area contributed by atoms with E-state index in [4.69, 9.17) is 24.5 Å². The van der Waals surface area contributed by atoms with Crippen LogP contribution >= 0.6 is 11.9 Å². The highest BCUT2D eigenvalue weighted by Crippen LogP contribution is 2.35. The van der Waals surface area contributed by atoms with Crippen LogP contribution in [0, 0.1) is 5.92 Å². The van der Waals surface area contributed by atoms with Crippen molar-refractivity contribution < 1.29 is 34.1 Å². The number of H-pyrrole nitrogens is 1. The third-order valence-corrected chi connectivity index (χ3v) is 6.90. The molecular formula is C27H23N3O7S. The Labute approximate surface area is 221 Å². The zero-order valence-electron chi connectivity index (χ0n) is 19.9. The van der Waals surface area contributed by atoms with Gasteiger partial charge in [0.1, 0.15) is 12.3 Å². The number of hydrogen-bond donors (Lipinski definition) is 3. The monoisotopic (exact) mass is 533 g/mol. The van der Waals surface area contributed by atoms with Crippen LogP contribution in [0.15, 0.2) is 79.1 Å². The number of pyridine rings is 1. The number of aromatic nitrogens is 2. The van der Waals surface area contributed by atoms with Crippen molar-refractivity contribution in [1.82, 2.24) is 9.97 Å². The van der Waals surface area contributed by atoms with Gasteiger partial charge in [-0.2, -0.15) is 0 Å². The maximum atomic E-state index is 13.6. The predicted molar refractivity (Wildman–Crippen MR) is 141 cm³/mol. The molecule has 0 radical (unpaired) electrons.